The zero-order valence-corrected chi connectivity index (χ0v) is 16.8. The summed E-state index contributed by atoms with van der Waals surface area (Å²) in [5.74, 6) is 0.292. The van der Waals surface area contributed by atoms with E-state index < -0.39 is 0 Å². The van der Waals surface area contributed by atoms with E-state index in [0.29, 0.717) is 25.0 Å². The van der Waals surface area contributed by atoms with Gasteiger partial charge >= 0.3 is 0 Å². The monoisotopic (exact) mass is 396 g/mol. The van der Waals surface area contributed by atoms with Crippen LogP contribution in [0, 0.1) is 0 Å². The van der Waals surface area contributed by atoms with Crippen LogP contribution in [-0.2, 0) is 16.0 Å². The lowest BCUT2D eigenvalue weighted by atomic mass is 10.0. The van der Waals surface area contributed by atoms with Gasteiger partial charge in [0.2, 0.25) is 5.91 Å². The molecule has 0 spiro atoms. The first kappa shape index (κ1) is 21.2. The molecule has 1 saturated heterocycles. The number of carbonyl (C=O) groups is 1. The highest BCUT2D eigenvalue weighted by Crippen LogP contribution is 2.27. The largest absolute Gasteiger partial charge is 0.378 e. The predicted molar refractivity (Wildman–Crippen MR) is 111 cm³/mol. The zero-order chi connectivity index (χ0) is 17.5. The Morgan fingerprint density at radius 3 is 2.77 bits per heavy atom. The van der Waals surface area contributed by atoms with E-state index in [1.54, 1.807) is 11.3 Å². The van der Waals surface area contributed by atoms with E-state index in [9.17, 15) is 4.79 Å². The predicted octanol–water partition coefficient (Wildman–Crippen LogP) is 4.00. The molecule has 6 heteroatoms. The number of nitrogens with zero attached hydrogens (tertiary/aromatic N) is 1. The number of nitrogens with two attached hydrogens (primary N) is 1. The number of thiophene rings is 1. The van der Waals surface area contributed by atoms with Gasteiger partial charge in [0.15, 0.2) is 0 Å². The normalized spacial score (nSPS) is 15.2. The number of hydrogen-bond acceptors (Lipinski definition) is 4. The van der Waals surface area contributed by atoms with Crippen LogP contribution < -0.4 is 5.73 Å². The van der Waals surface area contributed by atoms with Gasteiger partial charge in [-0.05, 0) is 61.0 Å². The third kappa shape index (κ3) is 5.68. The second kappa shape index (κ2) is 10.9. The third-order valence-electron chi connectivity index (χ3n) is 4.89. The average Bonchev–Trinajstić information content (AvgIpc) is 3.06. The van der Waals surface area contributed by atoms with Gasteiger partial charge in [0.1, 0.15) is 0 Å². The van der Waals surface area contributed by atoms with Crippen molar-refractivity contribution in [3.8, 4) is 0 Å². The molecule has 1 fully saturated rings. The molecule has 0 radical (unpaired) electrons. The lowest BCUT2D eigenvalue weighted by molar-refractivity contribution is -0.133. The van der Waals surface area contributed by atoms with Crippen LogP contribution in [0.5, 0.6) is 0 Å². The molecule has 1 aromatic carbocycles. The van der Waals surface area contributed by atoms with Crippen molar-refractivity contribution in [2.45, 2.75) is 44.6 Å². The Balaban J connectivity index is 0.00000243. The quantitative estimate of drug-likeness (QED) is 0.686. The minimum absolute atomic E-state index is 0. The second-order valence-electron chi connectivity index (χ2n) is 6.70. The van der Waals surface area contributed by atoms with Crippen molar-refractivity contribution in [3.05, 3.63) is 35.2 Å². The van der Waals surface area contributed by atoms with E-state index in [2.05, 4.69) is 29.6 Å². The lowest BCUT2D eigenvalue weighted by Crippen LogP contribution is -2.41. The summed E-state index contributed by atoms with van der Waals surface area (Å²) in [6.07, 6.45) is 5.66. The summed E-state index contributed by atoms with van der Waals surface area (Å²) in [6.45, 7) is 3.07. The van der Waals surface area contributed by atoms with Gasteiger partial charge in [0.25, 0.3) is 0 Å². The Morgan fingerprint density at radius 1 is 1.23 bits per heavy atom. The molecule has 1 amide bonds. The van der Waals surface area contributed by atoms with E-state index in [-0.39, 0.29) is 12.4 Å². The fraction of sp³-hybridized carbons (Fsp3) is 0.550. The van der Waals surface area contributed by atoms with Gasteiger partial charge in [0, 0.05) is 30.8 Å². The van der Waals surface area contributed by atoms with Gasteiger partial charge in [-0.3, -0.25) is 4.79 Å². The Kier molecular flexibility index (Phi) is 8.85. The number of carbonyl (C=O) groups excluding carboxylic acids is 1. The molecule has 1 aliphatic rings. The molecule has 0 aliphatic carbocycles. The second-order valence-corrected chi connectivity index (χ2v) is 7.62. The number of aryl methyl sites for hydroxylation is 1. The van der Waals surface area contributed by atoms with Gasteiger partial charge in [-0.1, -0.05) is 18.2 Å². The first-order valence-electron chi connectivity index (χ1n) is 9.32. The number of rotatable bonds is 8. The number of ether oxygens (including phenoxy) is 1. The van der Waals surface area contributed by atoms with Gasteiger partial charge in [-0.15, -0.1) is 23.7 Å². The summed E-state index contributed by atoms with van der Waals surface area (Å²) < 4.78 is 7.14. The molecule has 2 N–H and O–H groups in total. The molecular formula is C20H29ClN2O2S. The average molecular weight is 397 g/mol. The number of likely N-dealkylation sites (tertiary alicyclic amines) is 1. The minimum atomic E-state index is 0. The number of hydrogen-bond donors (Lipinski definition) is 1. The minimum Gasteiger partial charge on any atom is -0.378 e. The first-order chi connectivity index (χ1) is 12.3. The number of fused-ring (bicyclic) bond motifs is 1. The standard InChI is InChI=1S/C20H28N2O2S.ClH/c21-11-4-14-24-17-9-12-22(13-10-17)20(23)8-3-5-16-15-25-19-7-2-1-6-18(16)19;/h1-2,6-7,15,17H,3-5,8-14,21H2;1H. The van der Waals surface area contributed by atoms with E-state index in [4.69, 9.17) is 10.5 Å². The topological polar surface area (TPSA) is 55.6 Å². The molecule has 0 saturated carbocycles. The van der Waals surface area contributed by atoms with E-state index in [1.807, 2.05) is 4.90 Å². The number of benzene rings is 1. The Labute approximate surface area is 166 Å². The van der Waals surface area contributed by atoms with Crippen molar-refractivity contribution in [2.75, 3.05) is 26.2 Å². The fourth-order valence-corrected chi connectivity index (χ4v) is 4.42. The Morgan fingerprint density at radius 2 is 2.00 bits per heavy atom. The maximum absolute atomic E-state index is 12.4. The maximum Gasteiger partial charge on any atom is 0.222 e. The molecule has 1 aromatic heterocycles. The van der Waals surface area contributed by atoms with Crippen molar-refractivity contribution >= 4 is 39.7 Å². The highest BCUT2D eigenvalue weighted by molar-refractivity contribution is 7.17. The highest BCUT2D eigenvalue weighted by Gasteiger charge is 2.22. The summed E-state index contributed by atoms with van der Waals surface area (Å²) in [5, 5.41) is 3.58. The summed E-state index contributed by atoms with van der Waals surface area (Å²) >= 11 is 1.79. The number of piperidine rings is 1. The van der Waals surface area contributed by atoms with Crippen molar-refractivity contribution < 1.29 is 9.53 Å². The molecule has 0 atom stereocenters. The Hall–Kier alpha value is -1.14. The van der Waals surface area contributed by atoms with Crippen LogP contribution in [-0.4, -0.2) is 43.2 Å². The summed E-state index contributed by atoms with van der Waals surface area (Å²) in [6, 6.07) is 8.51. The van der Waals surface area contributed by atoms with Crippen LogP contribution in [0.3, 0.4) is 0 Å². The van der Waals surface area contributed by atoms with Gasteiger partial charge in [0.05, 0.1) is 6.10 Å². The number of amides is 1. The van der Waals surface area contributed by atoms with Crippen LogP contribution in [0.25, 0.3) is 10.1 Å². The van der Waals surface area contributed by atoms with Crippen LogP contribution in [0.15, 0.2) is 29.6 Å². The first-order valence-corrected chi connectivity index (χ1v) is 10.2. The molecule has 1 aliphatic heterocycles. The molecule has 144 valence electrons. The molecule has 3 rings (SSSR count). The molecule has 2 aromatic rings. The van der Waals surface area contributed by atoms with Crippen LogP contribution in [0.2, 0.25) is 0 Å². The lowest BCUT2D eigenvalue weighted by Gasteiger charge is -2.32. The smallest absolute Gasteiger partial charge is 0.222 e. The van der Waals surface area contributed by atoms with Crippen molar-refractivity contribution in [2.24, 2.45) is 5.73 Å². The van der Waals surface area contributed by atoms with Gasteiger partial charge in [-0.25, -0.2) is 0 Å². The van der Waals surface area contributed by atoms with E-state index >= 15 is 0 Å². The summed E-state index contributed by atoms with van der Waals surface area (Å²) in [5.41, 5.74) is 6.86. The zero-order valence-electron chi connectivity index (χ0n) is 15.2. The van der Waals surface area contributed by atoms with Crippen LogP contribution in [0.1, 0.15) is 37.7 Å². The molecular weight excluding hydrogens is 368 g/mol. The molecule has 2 heterocycles. The van der Waals surface area contributed by atoms with Gasteiger partial charge in [-0.2, -0.15) is 0 Å². The third-order valence-corrected chi connectivity index (χ3v) is 5.91. The van der Waals surface area contributed by atoms with Crippen LogP contribution >= 0.6 is 23.7 Å². The van der Waals surface area contributed by atoms with E-state index in [0.717, 1.165) is 51.8 Å². The van der Waals surface area contributed by atoms with E-state index in [1.165, 1.54) is 15.6 Å². The van der Waals surface area contributed by atoms with Crippen molar-refractivity contribution in [1.82, 2.24) is 4.90 Å². The van der Waals surface area contributed by atoms with Crippen molar-refractivity contribution in [3.63, 3.8) is 0 Å². The van der Waals surface area contributed by atoms with Crippen molar-refractivity contribution in [1.29, 1.82) is 0 Å². The maximum atomic E-state index is 12.4. The highest BCUT2D eigenvalue weighted by atomic mass is 35.5. The SMILES string of the molecule is Cl.NCCCOC1CCN(C(=O)CCCc2csc3ccccc23)CC1. The number of halogens is 1. The summed E-state index contributed by atoms with van der Waals surface area (Å²) in [4.78, 5) is 14.4. The molecule has 0 unspecified atom stereocenters. The Bertz CT molecular complexity index is 683. The molecule has 26 heavy (non-hydrogen) atoms. The van der Waals surface area contributed by atoms with Crippen LogP contribution in [0.4, 0.5) is 0 Å². The molecule has 4 nitrogen and oxygen atoms in total. The summed E-state index contributed by atoms with van der Waals surface area (Å²) in [7, 11) is 0. The van der Waals surface area contributed by atoms with Gasteiger partial charge < -0.3 is 15.4 Å². The fourth-order valence-electron chi connectivity index (χ4n) is 3.42. The molecule has 0 bridgehead atoms.